The second kappa shape index (κ2) is 6.03. The molecule has 21 heavy (non-hydrogen) atoms. The molecule has 2 fully saturated rings. The number of carbonyl (C=O) groups excluding carboxylic acids is 2. The molecule has 0 bridgehead atoms. The van der Waals surface area contributed by atoms with Crippen LogP contribution in [0.25, 0.3) is 0 Å². The highest BCUT2D eigenvalue weighted by atomic mass is 16.4. The van der Waals surface area contributed by atoms with E-state index in [-0.39, 0.29) is 30.7 Å². The molecule has 0 aromatic heterocycles. The number of nitrogens with one attached hydrogen (secondary N) is 1. The number of amides is 2. The van der Waals surface area contributed by atoms with E-state index in [1.54, 1.807) is 11.9 Å². The fourth-order valence-corrected chi connectivity index (χ4v) is 3.22. The van der Waals surface area contributed by atoms with Crippen LogP contribution in [0.4, 0.5) is 0 Å². The van der Waals surface area contributed by atoms with Crippen LogP contribution in [0.3, 0.4) is 0 Å². The monoisotopic (exact) mass is 296 g/mol. The third-order valence-electron chi connectivity index (χ3n) is 5.00. The predicted octanol–water partition coefficient (Wildman–Crippen LogP) is 0.862. The molecule has 2 amide bonds. The van der Waals surface area contributed by atoms with E-state index in [0.29, 0.717) is 25.3 Å². The van der Waals surface area contributed by atoms with E-state index < -0.39 is 11.4 Å². The first-order chi connectivity index (χ1) is 9.84. The van der Waals surface area contributed by atoms with Gasteiger partial charge in [0.05, 0.1) is 11.3 Å². The summed E-state index contributed by atoms with van der Waals surface area (Å²) in [6.45, 7) is 2.72. The lowest BCUT2D eigenvalue weighted by Gasteiger charge is -2.36. The van der Waals surface area contributed by atoms with E-state index in [2.05, 4.69) is 12.2 Å². The fourth-order valence-electron chi connectivity index (χ4n) is 3.22. The Hall–Kier alpha value is -1.59. The molecule has 6 heteroatoms. The molecule has 0 aromatic carbocycles. The second-order valence-corrected chi connectivity index (χ2v) is 6.66. The van der Waals surface area contributed by atoms with Gasteiger partial charge in [-0.15, -0.1) is 0 Å². The number of carbonyl (C=O) groups is 3. The number of carboxylic acids is 1. The molecule has 6 nitrogen and oxygen atoms in total. The Morgan fingerprint density at radius 2 is 2.00 bits per heavy atom. The Bertz CT molecular complexity index is 441. The first-order valence-electron chi connectivity index (χ1n) is 7.59. The predicted molar refractivity (Wildman–Crippen MR) is 76.5 cm³/mol. The van der Waals surface area contributed by atoms with Gasteiger partial charge in [0.25, 0.3) is 0 Å². The van der Waals surface area contributed by atoms with Crippen LogP contribution in [0.5, 0.6) is 0 Å². The highest BCUT2D eigenvalue weighted by Gasteiger charge is 2.42. The van der Waals surface area contributed by atoms with Crippen molar-refractivity contribution in [3.63, 3.8) is 0 Å². The standard InChI is InChI=1S/C15H24N2O4/c1-10-3-5-15(6-4-10,14(20)21)9-16-13(19)11-7-12(18)17(2)8-11/h10-11H,3-9H2,1-2H3,(H,16,19)(H,20,21). The molecule has 1 unspecified atom stereocenters. The van der Waals surface area contributed by atoms with Crippen molar-refractivity contribution < 1.29 is 19.5 Å². The van der Waals surface area contributed by atoms with Gasteiger partial charge in [0, 0.05) is 26.6 Å². The largest absolute Gasteiger partial charge is 0.481 e. The zero-order valence-electron chi connectivity index (χ0n) is 12.7. The molecule has 1 atom stereocenters. The maximum absolute atomic E-state index is 12.1. The summed E-state index contributed by atoms with van der Waals surface area (Å²) in [5.74, 6) is -0.860. The summed E-state index contributed by atoms with van der Waals surface area (Å²) >= 11 is 0. The van der Waals surface area contributed by atoms with Gasteiger partial charge in [0.15, 0.2) is 0 Å². The summed E-state index contributed by atoms with van der Waals surface area (Å²) in [5, 5.41) is 12.3. The number of hydrogen-bond donors (Lipinski definition) is 2. The summed E-state index contributed by atoms with van der Waals surface area (Å²) in [6, 6.07) is 0. The minimum Gasteiger partial charge on any atom is -0.481 e. The van der Waals surface area contributed by atoms with Gasteiger partial charge < -0.3 is 15.3 Å². The van der Waals surface area contributed by atoms with E-state index in [1.165, 1.54) is 0 Å². The van der Waals surface area contributed by atoms with E-state index in [1.807, 2.05) is 0 Å². The first-order valence-corrected chi connectivity index (χ1v) is 7.59. The van der Waals surface area contributed by atoms with Gasteiger partial charge >= 0.3 is 5.97 Å². The normalized spacial score (nSPS) is 33.0. The molecule has 0 spiro atoms. The zero-order chi connectivity index (χ0) is 15.6. The molecule has 1 saturated heterocycles. The third kappa shape index (κ3) is 3.36. The molecule has 2 aliphatic rings. The number of hydrogen-bond acceptors (Lipinski definition) is 3. The van der Waals surface area contributed by atoms with Crippen molar-refractivity contribution in [3.05, 3.63) is 0 Å². The van der Waals surface area contributed by atoms with Gasteiger partial charge in [-0.25, -0.2) is 0 Å². The number of nitrogens with zero attached hydrogens (tertiary/aromatic N) is 1. The minimum atomic E-state index is -0.837. The van der Waals surface area contributed by atoms with Gasteiger partial charge in [0.1, 0.15) is 0 Å². The van der Waals surface area contributed by atoms with Crippen LogP contribution in [0.1, 0.15) is 39.0 Å². The molecule has 1 aliphatic heterocycles. The molecule has 2 rings (SSSR count). The van der Waals surface area contributed by atoms with Crippen molar-refractivity contribution >= 4 is 17.8 Å². The Kier molecular flexibility index (Phi) is 4.54. The van der Waals surface area contributed by atoms with Gasteiger partial charge in [-0.2, -0.15) is 0 Å². The Morgan fingerprint density at radius 3 is 2.48 bits per heavy atom. The Morgan fingerprint density at radius 1 is 1.38 bits per heavy atom. The lowest BCUT2D eigenvalue weighted by Crippen LogP contribution is -2.46. The smallest absolute Gasteiger partial charge is 0.311 e. The quantitative estimate of drug-likeness (QED) is 0.805. The van der Waals surface area contributed by atoms with Gasteiger partial charge in [-0.3, -0.25) is 14.4 Å². The maximum atomic E-state index is 12.1. The van der Waals surface area contributed by atoms with E-state index in [4.69, 9.17) is 0 Å². The molecular weight excluding hydrogens is 272 g/mol. The maximum Gasteiger partial charge on any atom is 0.311 e. The Balaban J connectivity index is 1.92. The van der Waals surface area contributed by atoms with Crippen molar-refractivity contribution in [2.75, 3.05) is 20.1 Å². The van der Waals surface area contributed by atoms with Crippen molar-refractivity contribution in [2.45, 2.75) is 39.0 Å². The topological polar surface area (TPSA) is 86.7 Å². The van der Waals surface area contributed by atoms with Crippen LogP contribution in [-0.4, -0.2) is 47.9 Å². The summed E-state index contributed by atoms with van der Waals surface area (Å²) in [5.41, 5.74) is -0.837. The molecule has 2 N–H and O–H groups in total. The van der Waals surface area contributed by atoms with Crippen LogP contribution < -0.4 is 5.32 Å². The average molecular weight is 296 g/mol. The van der Waals surface area contributed by atoms with Crippen LogP contribution >= 0.6 is 0 Å². The fraction of sp³-hybridized carbons (Fsp3) is 0.800. The number of likely N-dealkylation sites (tertiary alicyclic amines) is 1. The van der Waals surface area contributed by atoms with E-state index in [9.17, 15) is 19.5 Å². The van der Waals surface area contributed by atoms with E-state index >= 15 is 0 Å². The lowest BCUT2D eigenvalue weighted by atomic mass is 9.70. The number of aliphatic carboxylic acids is 1. The van der Waals surface area contributed by atoms with Crippen LogP contribution in [-0.2, 0) is 14.4 Å². The zero-order valence-corrected chi connectivity index (χ0v) is 12.7. The van der Waals surface area contributed by atoms with Crippen molar-refractivity contribution in [3.8, 4) is 0 Å². The van der Waals surface area contributed by atoms with Gasteiger partial charge in [-0.1, -0.05) is 6.92 Å². The second-order valence-electron chi connectivity index (χ2n) is 6.66. The van der Waals surface area contributed by atoms with Crippen molar-refractivity contribution in [2.24, 2.45) is 17.3 Å². The summed E-state index contributed by atoms with van der Waals surface area (Å²) in [4.78, 5) is 36.7. The van der Waals surface area contributed by atoms with Gasteiger partial charge in [0.2, 0.25) is 11.8 Å². The van der Waals surface area contributed by atoms with Crippen LogP contribution in [0.2, 0.25) is 0 Å². The average Bonchev–Trinajstić information content (AvgIpc) is 2.78. The number of carboxylic acid groups (broad SMARTS) is 1. The highest BCUT2D eigenvalue weighted by molar-refractivity contribution is 5.89. The lowest BCUT2D eigenvalue weighted by molar-refractivity contribution is -0.151. The molecule has 1 saturated carbocycles. The molecule has 1 aliphatic carbocycles. The molecule has 0 radical (unpaired) electrons. The van der Waals surface area contributed by atoms with Crippen molar-refractivity contribution in [1.82, 2.24) is 10.2 Å². The SMILES string of the molecule is CC1CCC(CNC(=O)C2CC(=O)N(C)C2)(C(=O)O)CC1. The highest BCUT2D eigenvalue weighted by Crippen LogP contribution is 2.38. The third-order valence-corrected chi connectivity index (χ3v) is 5.00. The minimum absolute atomic E-state index is 0.0328. The molecule has 118 valence electrons. The molecule has 1 heterocycles. The van der Waals surface area contributed by atoms with Crippen molar-refractivity contribution in [1.29, 1.82) is 0 Å². The molecular formula is C15H24N2O4. The summed E-state index contributed by atoms with van der Waals surface area (Å²) < 4.78 is 0. The number of rotatable bonds is 4. The Labute approximate surface area is 124 Å². The van der Waals surface area contributed by atoms with Gasteiger partial charge in [-0.05, 0) is 31.6 Å². The van der Waals surface area contributed by atoms with E-state index in [0.717, 1.165) is 12.8 Å². The van der Waals surface area contributed by atoms with Crippen LogP contribution in [0, 0.1) is 17.3 Å². The summed E-state index contributed by atoms with van der Waals surface area (Å²) in [6.07, 6.45) is 3.19. The first kappa shape index (κ1) is 15.8. The summed E-state index contributed by atoms with van der Waals surface area (Å²) in [7, 11) is 1.68. The molecule has 0 aromatic rings. The van der Waals surface area contributed by atoms with Crippen LogP contribution in [0.15, 0.2) is 0 Å².